The van der Waals surface area contributed by atoms with E-state index in [-0.39, 0.29) is 11.3 Å². The highest BCUT2D eigenvalue weighted by Crippen LogP contribution is 2.26. The summed E-state index contributed by atoms with van der Waals surface area (Å²) in [6, 6.07) is 13.4. The molecule has 0 amide bonds. The van der Waals surface area contributed by atoms with E-state index in [1.807, 2.05) is 24.3 Å². The molecule has 2 aromatic carbocycles. The third kappa shape index (κ3) is 4.23. The van der Waals surface area contributed by atoms with Crippen molar-refractivity contribution in [2.45, 2.75) is 6.42 Å². The molecule has 0 bridgehead atoms. The van der Waals surface area contributed by atoms with Crippen LogP contribution in [0.25, 0.3) is 11.0 Å². The van der Waals surface area contributed by atoms with Gasteiger partial charge in [0.1, 0.15) is 28.6 Å². The van der Waals surface area contributed by atoms with Crippen molar-refractivity contribution in [1.29, 1.82) is 0 Å². The fourth-order valence-electron chi connectivity index (χ4n) is 2.33. The number of fused-ring (bicyclic) bond motifs is 1. The van der Waals surface area contributed by atoms with Crippen molar-refractivity contribution in [2.75, 3.05) is 20.3 Å². The highest BCUT2D eigenvalue weighted by molar-refractivity contribution is 5.83. The SMILES string of the molecule is COc1ccc(OCCCOc2ccc3c(O)cc(=O)oc3c2)cc1. The summed E-state index contributed by atoms with van der Waals surface area (Å²) >= 11 is 0. The summed E-state index contributed by atoms with van der Waals surface area (Å²) < 4.78 is 21.4. The van der Waals surface area contributed by atoms with Gasteiger partial charge in [0.25, 0.3) is 0 Å². The first-order valence-corrected chi connectivity index (χ1v) is 7.82. The van der Waals surface area contributed by atoms with Crippen LogP contribution in [0, 0.1) is 0 Å². The van der Waals surface area contributed by atoms with E-state index in [9.17, 15) is 9.90 Å². The summed E-state index contributed by atoms with van der Waals surface area (Å²) in [5.74, 6) is 2.00. The quantitative estimate of drug-likeness (QED) is 0.524. The van der Waals surface area contributed by atoms with Crippen molar-refractivity contribution >= 4 is 11.0 Å². The Labute approximate surface area is 144 Å². The lowest BCUT2D eigenvalue weighted by molar-refractivity contribution is 0.247. The maximum atomic E-state index is 11.3. The predicted molar refractivity (Wildman–Crippen MR) is 92.7 cm³/mol. The molecule has 6 heteroatoms. The molecular weight excluding hydrogens is 324 g/mol. The van der Waals surface area contributed by atoms with E-state index in [1.54, 1.807) is 25.3 Å². The summed E-state index contributed by atoms with van der Waals surface area (Å²) in [6.07, 6.45) is 0.689. The van der Waals surface area contributed by atoms with E-state index in [0.29, 0.717) is 30.8 Å². The average Bonchev–Trinajstić information content (AvgIpc) is 2.61. The van der Waals surface area contributed by atoms with E-state index in [1.165, 1.54) is 0 Å². The van der Waals surface area contributed by atoms with Crippen LogP contribution in [-0.4, -0.2) is 25.4 Å². The summed E-state index contributed by atoms with van der Waals surface area (Å²) in [6.45, 7) is 0.959. The van der Waals surface area contributed by atoms with Gasteiger partial charge in [-0.05, 0) is 36.4 Å². The Morgan fingerprint density at radius 2 is 1.56 bits per heavy atom. The molecule has 1 aromatic heterocycles. The van der Waals surface area contributed by atoms with Crippen LogP contribution in [0.3, 0.4) is 0 Å². The Morgan fingerprint density at radius 3 is 2.28 bits per heavy atom. The van der Waals surface area contributed by atoms with Gasteiger partial charge < -0.3 is 23.7 Å². The van der Waals surface area contributed by atoms with Crippen LogP contribution in [0.15, 0.2) is 57.7 Å². The van der Waals surface area contributed by atoms with Gasteiger partial charge in [0.2, 0.25) is 0 Å². The van der Waals surface area contributed by atoms with Crippen molar-refractivity contribution in [3.8, 4) is 23.0 Å². The van der Waals surface area contributed by atoms with Gasteiger partial charge >= 0.3 is 5.63 Å². The molecule has 1 N–H and O–H groups in total. The monoisotopic (exact) mass is 342 g/mol. The normalized spacial score (nSPS) is 10.6. The molecular formula is C19H18O6. The minimum absolute atomic E-state index is 0.106. The van der Waals surface area contributed by atoms with Gasteiger partial charge in [-0.1, -0.05) is 0 Å². The first-order valence-electron chi connectivity index (χ1n) is 7.82. The first-order chi connectivity index (χ1) is 12.2. The van der Waals surface area contributed by atoms with Gasteiger partial charge in [-0.15, -0.1) is 0 Å². The minimum Gasteiger partial charge on any atom is -0.507 e. The van der Waals surface area contributed by atoms with Crippen LogP contribution in [0.4, 0.5) is 0 Å². The minimum atomic E-state index is -0.602. The fourth-order valence-corrected chi connectivity index (χ4v) is 2.33. The lowest BCUT2D eigenvalue weighted by Gasteiger charge is -2.09. The van der Waals surface area contributed by atoms with E-state index in [2.05, 4.69) is 0 Å². The third-order valence-corrected chi connectivity index (χ3v) is 3.58. The molecule has 0 unspecified atom stereocenters. The van der Waals surface area contributed by atoms with Crippen molar-refractivity contribution < 1.29 is 23.7 Å². The Hall–Kier alpha value is -3.15. The standard InChI is InChI=1S/C19H18O6/c1-22-13-3-5-14(6-4-13)23-9-2-10-24-15-7-8-16-17(20)12-19(21)25-18(16)11-15/h3-8,11-12,20H,2,9-10H2,1H3. The van der Waals surface area contributed by atoms with Crippen molar-refractivity contribution in [3.63, 3.8) is 0 Å². The Morgan fingerprint density at radius 1 is 0.920 bits per heavy atom. The Bertz CT molecular complexity index is 898. The molecule has 0 aliphatic rings. The predicted octanol–water partition coefficient (Wildman–Crippen LogP) is 3.36. The topological polar surface area (TPSA) is 78.1 Å². The van der Waals surface area contributed by atoms with E-state index in [0.717, 1.165) is 17.6 Å². The maximum Gasteiger partial charge on any atom is 0.339 e. The molecule has 1 heterocycles. The molecule has 0 radical (unpaired) electrons. The summed E-state index contributed by atoms with van der Waals surface area (Å²) in [5.41, 5.74) is -0.313. The lowest BCUT2D eigenvalue weighted by Crippen LogP contribution is -2.05. The largest absolute Gasteiger partial charge is 0.507 e. The van der Waals surface area contributed by atoms with Gasteiger partial charge in [-0.25, -0.2) is 4.79 Å². The van der Waals surface area contributed by atoms with Gasteiger partial charge in [0.15, 0.2) is 0 Å². The summed E-state index contributed by atoms with van der Waals surface area (Å²) in [7, 11) is 1.62. The van der Waals surface area contributed by atoms with Crippen LogP contribution in [0.1, 0.15) is 6.42 Å². The molecule has 0 aliphatic heterocycles. The molecule has 130 valence electrons. The smallest absolute Gasteiger partial charge is 0.339 e. The zero-order valence-electron chi connectivity index (χ0n) is 13.7. The number of benzene rings is 2. The van der Waals surface area contributed by atoms with Crippen molar-refractivity contribution in [2.24, 2.45) is 0 Å². The number of hydrogen-bond acceptors (Lipinski definition) is 6. The van der Waals surface area contributed by atoms with Crippen molar-refractivity contribution in [3.05, 3.63) is 59.0 Å². The number of aromatic hydroxyl groups is 1. The lowest BCUT2D eigenvalue weighted by atomic mass is 10.2. The molecule has 0 atom stereocenters. The number of hydrogen-bond donors (Lipinski definition) is 1. The van der Waals surface area contributed by atoms with Crippen molar-refractivity contribution in [1.82, 2.24) is 0 Å². The van der Waals surface area contributed by atoms with Crippen LogP contribution < -0.4 is 19.8 Å². The highest BCUT2D eigenvalue weighted by atomic mass is 16.5. The highest BCUT2D eigenvalue weighted by Gasteiger charge is 2.06. The number of rotatable bonds is 7. The molecule has 0 saturated heterocycles. The number of methoxy groups -OCH3 is 1. The van der Waals surface area contributed by atoms with Crippen LogP contribution in [0.2, 0.25) is 0 Å². The maximum absolute atomic E-state index is 11.3. The Balaban J connectivity index is 1.50. The van der Waals surface area contributed by atoms with Gasteiger partial charge in [0.05, 0.1) is 31.8 Å². The fraction of sp³-hybridized carbons (Fsp3) is 0.211. The number of ether oxygens (including phenoxy) is 3. The second-order valence-electron chi connectivity index (χ2n) is 5.33. The molecule has 0 aliphatic carbocycles. The van der Waals surface area contributed by atoms with Crippen LogP contribution in [0.5, 0.6) is 23.0 Å². The summed E-state index contributed by atoms with van der Waals surface area (Å²) in [5, 5.41) is 10.2. The average molecular weight is 342 g/mol. The van der Waals surface area contributed by atoms with Crippen LogP contribution in [-0.2, 0) is 0 Å². The second-order valence-corrected chi connectivity index (χ2v) is 5.33. The molecule has 0 spiro atoms. The molecule has 25 heavy (non-hydrogen) atoms. The molecule has 0 fully saturated rings. The summed E-state index contributed by atoms with van der Waals surface area (Å²) in [4.78, 5) is 11.3. The van der Waals surface area contributed by atoms with Crippen LogP contribution >= 0.6 is 0 Å². The zero-order chi connectivity index (χ0) is 17.6. The zero-order valence-corrected chi connectivity index (χ0v) is 13.7. The Kier molecular flexibility index (Phi) is 5.09. The van der Waals surface area contributed by atoms with Gasteiger partial charge in [-0.2, -0.15) is 0 Å². The second kappa shape index (κ2) is 7.61. The molecule has 3 rings (SSSR count). The van der Waals surface area contributed by atoms with E-state index >= 15 is 0 Å². The van der Waals surface area contributed by atoms with Gasteiger partial charge in [-0.3, -0.25) is 0 Å². The molecule has 6 nitrogen and oxygen atoms in total. The molecule has 0 saturated carbocycles. The van der Waals surface area contributed by atoms with Gasteiger partial charge in [0, 0.05) is 12.5 Å². The molecule has 3 aromatic rings. The first kappa shape index (κ1) is 16.7. The third-order valence-electron chi connectivity index (χ3n) is 3.58. The van der Waals surface area contributed by atoms with E-state index < -0.39 is 5.63 Å². The van der Waals surface area contributed by atoms with E-state index in [4.69, 9.17) is 18.6 Å².